The van der Waals surface area contributed by atoms with Gasteiger partial charge < -0.3 is 29.0 Å². The number of thiocarbonyl (C=S) groups is 1. The summed E-state index contributed by atoms with van der Waals surface area (Å²) in [7, 11) is 6.71. The van der Waals surface area contributed by atoms with Crippen molar-refractivity contribution in [2.24, 2.45) is 0 Å². The third kappa shape index (κ3) is 3.00. The van der Waals surface area contributed by atoms with Crippen molar-refractivity contribution in [1.29, 1.82) is 0 Å². The third-order valence-corrected chi connectivity index (χ3v) is 4.95. The van der Waals surface area contributed by atoms with E-state index in [0.29, 0.717) is 22.4 Å². The van der Waals surface area contributed by atoms with Crippen LogP contribution in [-0.2, 0) is 6.54 Å². The first-order chi connectivity index (χ1) is 12.1. The van der Waals surface area contributed by atoms with Crippen molar-refractivity contribution in [3.05, 3.63) is 41.7 Å². The molecule has 1 aromatic carbocycles. The fraction of sp³-hybridized carbons (Fsp3) is 0.389. The lowest BCUT2D eigenvalue weighted by molar-refractivity contribution is 0.283. The molecule has 25 heavy (non-hydrogen) atoms. The Morgan fingerprint density at radius 3 is 2.36 bits per heavy atom. The second-order valence-electron chi connectivity index (χ2n) is 5.74. The van der Waals surface area contributed by atoms with Crippen molar-refractivity contribution in [2.75, 3.05) is 34.9 Å². The maximum atomic E-state index is 5.54. The van der Waals surface area contributed by atoms with Crippen LogP contribution in [-0.4, -0.2) is 49.5 Å². The van der Waals surface area contributed by atoms with Gasteiger partial charge >= 0.3 is 0 Å². The van der Waals surface area contributed by atoms with Gasteiger partial charge in [0.1, 0.15) is 0 Å². The van der Waals surface area contributed by atoms with Crippen LogP contribution in [0.1, 0.15) is 17.3 Å². The first-order valence-electron chi connectivity index (χ1n) is 8.07. The van der Waals surface area contributed by atoms with Crippen molar-refractivity contribution in [3.63, 3.8) is 0 Å². The monoisotopic (exact) mass is 361 g/mol. The number of nitrogens with zero attached hydrogens (tertiary/aromatic N) is 2. The summed E-state index contributed by atoms with van der Waals surface area (Å²) in [5.41, 5.74) is 2.21. The van der Waals surface area contributed by atoms with E-state index in [1.54, 1.807) is 21.3 Å². The lowest BCUT2D eigenvalue weighted by atomic mass is 9.99. The van der Waals surface area contributed by atoms with Crippen LogP contribution in [0.15, 0.2) is 30.5 Å². The topological polar surface area (TPSA) is 47.9 Å². The normalized spacial score (nSPS) is 16.2. The zero-order chi connectivity index (χ0) is 18.0. The van der Waals surface area contributed by atoms with E-state index in [1.165, 1.54) is 5.69 Å². The van der Waals surface area contributed by atoms with Crippen LogP contribution in [0.4, 0.5) is 0 Å². The summed E-state index contributed by atoms with van der Waals surface area (Å²) in [5, 5.41) is 3.81. The molecule has 0 bridgehead atoms. The molecule has 0 radical (unpaired) electrons. The first kappa shape index (κ1) is 17.4. The van der Waals surface area contributed by atoms with Crippen LogP contribution in [0.2, 0.25) is 0 Å². The van der Waals surface area contributed by atoms with E-state index in [1.807, 2.05) is 19.2 Å². The highest BCUT2D eigenvalue weighted by atomic mass is 32.1. The van der Waals surface area contributed by atoms with Crippen LogP contribution in [0.3, 0.4) is 0 Å². The zero-order valence-electron chi connectivity index (χ0n) is 14.9. The predicted molar refractivity (Wildman–Crippen MR) is 101 cm³/mol. The molecule has 0 aliphatic carbocycles. The molecule has 0 unspecified atom stereocenters. The molecule has 7 heteroatoms. The fourth-order valence-electron chi connectivity index (χ4n) is 3.36. The Labute approximate surface area is 153 Å². The fourth-order valence-corrected chi connectivity index (χ4v) is 3.55. The number of fused-ring (bicyclic) bond motifs is 1. The third-order valence-electron chi connectivity index (χ3n) is 4.52. The minimum absolute atomic E-state index is 0.0302. The minimum atomic E-state index is -0.0302. The Bertz CT molecular complexity index is 750. The van der Waals surface area contributed by atoms with Crippen LogP contribution in [0.5, 0.6) is 17.2 Å². The van der Waals surface area contributed by atoms with Crippen molar-refractivity contribution < 1.29 is 14.2 Å². The van der Waals surface area contributed by atoms with Gasteiger partial charge in [-0.2, -0.15) is 0 Å². The van der Waals surface area contributed by atoms with Gasteiger partial charge in [-0.05, 0) is 42.0 Å². The van der Waals surface area contributed by atoms with Crippen molar-refractivity contribution >= 4 is 17.3 Å². The number of aromatic nitrogens is 1. The smallest absolute Gasteiger partial charge is 0.203 e. The molecule has 2 heterocycles. The lowest BCUT2D eigenvalue weighted by Gasteiger charge is -2.39. The van der Waals surface area contributed by atoms with Crippen molar-refractivity contribution in [2.45, 2.75) is 12.6 Å². The predicted octanol–water partition coefficient (Wildman–Crippen LogP) is 2.42. The first-order valence-corrected chi connectivity index (χ1v) is 8.48. The molecule has 1 atom stereocenters. The molecule has 2 aromatic rings. The number of hydrogen-bond donors (Lipinski definition) is 1. The summed E-state index contributed by atoms with van der Waals surface area (Å²) in [6.45, 7) is 1.72. The van der Waals surface area contributed by atoms with Gasteiger partial charge in [-0.15, -0.1) is 0 Å². The van der Waals surface area contributed by atoms with Crippen LogP contribution >= 0.6 is 12.2 Å². The van der Waals surface area contributed by atoms with Crippen molar-refractivity contribution in [3.8, 4) is 17.2 Å². The van der Waals surface area contributed by atoms with E-state index in [4.69, 9.17) is 26.4 Å². The Balaban J connectivity index is 2.16. The Hall–Kier alpha value is -2.41. The molecule has 1 aromatic heterocycles. The average Bonchev–Trinajstić information content (AvgIpc) is 3.13. The van der Waals surface area contributed by atoms with E-state index in [0.717, 1.165) is 18.7 Å². The van der Waals surface area contributed by atoms with Gasteiger partial charge in [-0.3, -0.25) is 0 Å². The lowest BCUT2D eigenvalue weighted by Crippen LogP contribution is -2.46. The average molecular weight is 361 g/mol. The summed E-state index contributed by atoms with van der Waals surface area (Å²) < 4.78 is 18.7. The molecule has 3 rings (SSSR count). The molecule has 1 N–H and O–H groups in total. The Morgan fingerprint density at radius 1 is 1.12 bits per heavy atom. The minimum Gasteiger partial charge on any atom is -0.493 e. The summed E-state index contributed by atoms with van der Waals surface area (Å²) in [5.74, 6) is 1.86. The largest absolute Gasteiger partial charge is 0.493 e. The standard InChI is InChI=1S/C18H23N3O3S/c1-19-18(25)21-9-8-20-7-5-6-13(20)16(21)12-10-14(22-2)17(24-4)15(11-12)23-3/h5-7,10-11,16H,8-9H2,1-4H3,(H,19,25)/t16-/m0/s1. The number of hydrogen-bond acceptors (Lipinski definition) is 4. The van der Waals surface area contributed by atoms with E-state index in [2.05, 4.69) is 33.1 Å². The van der Waals surface area contributed by atoms with Crippen LogP contribution in [0, 0.1) is 0 Å². The molecule has 1 aliphatic rings. The second-order valence-corrected chi connectivity index (χ2v) is 6.12. The summed E-state index contributed by atoms with van der Waals surface area (Å²) in [6, 6.07) is 8.13. The molecule has 0 spiro atoms. The van der Waals surface area contributed by atoms with Gasteiger partial charge in [0.2, 0.25) is 5.75 Å². The molecule has 0 amide bonds. The summed E-state index contributed by atoms with van der Waals surface area (Å²) >= 11 is 5.54. The molecule has 134 valence electrons. The summed E-state index contributed by atoms with van der Waals surface area (Å²) in [4.78, 5) is 2.19. The molecule has 0 saturated carbocycles. The highest BCUT2D eigenvalue weighted by Crippen LogP contribution is 2.43. The van der Waals surface area contributed by atoms with E-state index < -0.39 is 0 Å². The van der Waals surface area contributed by atoms with Crippen molar-refractivity contribution in [1.82, 2.24) is 14.8 Å². The molecular formula is C18H23N3O3S. The molecule has 0 saturated heterocycles. The van der Waals surface area contributed by atoms with Gasteiger partial charge in [0, 0.05) is 32.0 Å². The molecule has 1 aliphatic heterocycles. The number of ether oxygens (including phenoxy) is 3. The van der Waals surface area contributed by atoms with Gasteiger partial charge in [0.05, 0.1) is 27.4 Å². The van der Waals surface area contributed by atoms with Gasteiger partial charge in [0.25, 0.3) is 0 Å². The Kier molecular flexibility index (Phi) is 5.03. The maximum absolute atomic E-state index is 5.54. The number of benzene rings is 1. The Morgan fingerprint density at radius 2 is 1.80 bits per heavy atom. The molecular weight excluding hydrogens is 338 g/mol. The van der Waals surface area contributed by atoms with Gasteiger partial charge in [-0.1, -0.05) is 0 Å². The van der Waals surface area contributed by atoms with Gasteiger partial charge in [0.15, 0.2) is 16.6 Å². The molecule has 0 fully saturated rings. The SMILES string of the molecule is CNC(=S)N1CCn2cccc2[C@@H]1c1cc(OC)c(OC)c(OC)c1. The summed E-state index contributed by atoms with van der Waals surface area (Å²) in [6.07, 6.45) is 2.10. The van der Waals surface area contributed by atoms with Gasteiger partial charge in [-0.25, -0.2) is 0 Å². The number of methoxy groups -OCH3 is 3. The van der Waals surface area contributed by atoms with Crippen LogP contribution in [0.25, 0.3) is 0 Å². The maximum Gasteiger partial charge on any atom is 0.203 e. The highest BCUT2D eigenvalue weighted by molar-refractivity contribution is 7.80. The second kappa shape index (κ2) is 7.23. The van der Waals surface area contributed by atoms with Crippen LogP contribution < -0.4 is 19.5 Å². The highest BCUT2D eigenvalue weighted by Gasteiger charge is 2.31. The quantitative estimate of drug-likeness (QED) is 0.844. The zero-order valence-corrected chi connectivity index (χ0v) is 15.7. The molecule has 6 nitrogen and oxygen atoms in total. The van der Waals surface area contributed by atoms with E-state index >= 15 is 0 Å². The number of rotatable bonds is 4. The van der Waals surface area contributed by atoms with E-state index in [-0.39, 0.29) is 6.04 Å². The van der Waals surface area contributed by atoms with E-state index in [9.17, 15) is 0 Å². The number of nitrogens with one attached hydrogen (secondary N) is 1.